The number of rotatable bonds is 4. The Balaban J connectivity index is 1.85. The predicted octanol–water partition coefficient (Wildman–Crippen LogP) is 2.24. The molecule has 2 rings (SSSR count). The maximum Gasteiger partial charge on any atom is 0.262 e. The van der Waals surface area contributed by atoms with Gasteiger partial charge in [-0.2, -0.15) is 0 Å². The fourth-order valence-corrected chi connectivity index (χ4v) is 1.34. The van der Waals surface area contributed by atoms with Crippen LogP contribution in [0.25, 0.3) is 0 Å². The summed E-state index contributed by atoms with van der Waals surface area (Å²) in [5, 5.41) is 2.61. The standard InChI is InChI=1S/C13H11FN2O2/c14-10-3-1-5-12(7-10)18-9-13(17)16-11-4-2-6-15-8-11/h1-8H,9H2,(H,16,17). The van der Waals surface area contributed by atoms with Crippen molar-refractivity contribution in [3.05, 3.63) is 54.6 Å². The van der Waals surface area contributed by atoms with Crippen molar-refractivity contribution in [1.29, 1.82) is 0 Å². The second-order valence-electron chi connectivity index (χ2n) is 3.54. The third-order valence-corrected chi connectivity index (χ3v) is 2.11. The number of hydrogen-bond acceptors (Lipinski definition) is 3. The summed E-state index contributed by atoms with van der Waals surface area (Å²) in [7, 11) is 0. The van der Waals surface area contributed by atoms with Gasteiger partial charge in [0.15, 0.2) is 6.61 Å². The van der Waals surface area contributed by atoms with E-state index in [0.29, 0.717) is 11.4 Å². The highest BCUT2D eigenvalue weighted by atomic mass is 19.1. The van der Waals surface area contributed by atoms with E-state index in [1.807, 2.05) is 0 Å². The van der Waals surface area contributed by atoms with E-state index >= 15 is 0 Å². The van der Waals surface area contributed by atoms with Crippen LogP contribution < -0.4 is 10.1 Å². The molecule has 5 heteroatoms. The van der Waals surface area contributed by atoms with Gasteiger partial charge in [0, 0.05) is 12.3 Å². The minimum Gasteiger partial charge on any atom is -0.484 e. The third kappa shape index (κ3) is 3.55. The molecule has 92 valence electrons. The monoisotopic (exact) mass is 246 g/mol. The van der Waals surface area contributed by atoms with E-state index in [1.165, 1.54) is 24.4 Å². The molecule has 1 N–H and O–H groups in total. The Kier molecular flexibility index (Phi) is 3.86. The molecule has 0 radical (unpaired) electrons. The van der Waals surface area contributed by atoms with Gasteiger partial charge < -0.3 is 10.1 Å². The molecule has 2 aromatic rings. The fourth-order valence-electron chi connectivity index (χ4n) is 1.34. The zero-order valence-corrected chi connectivity index (χ0v) is 9.47. The zero-order chi connectivity index (χ0) is 12.8. The Morgan fingerprint density at radius 2 is 2.22 bits per heavy atom. The maximum absolute atomic E-state index is 12.8. The zero-order valence-electron chi connectivity index (χ0n) is 9.47. The van der Waals surface area contributed by atoms with E-state index in [-0.39, 0.29) is 12.5 Å². The Labute approximate surface area is 103 Å². The molecule has 1 aromatic heterocycles. The smallest absolute Gasteiger partial charge is 0.262 e. The number of aromatic nitrogens is 1. The van der Waals surface area contributed by atoms with Crippen molar-refractivity contribution in [3.63, 3.8) is 0 Å². The number of carbonyl (C=O) groups excluding carboxylic acids is 1. The number of hydrogen-bond donors (Lipinski definition) is 1. The fraction of sp³-hybridized carbons (Fsp3) is 0.0769. The van der Waals surface area contributed by atoms with Gasteiger partial charge in [0.2, 0.25) is 0 Å². The first-order valence-corrected chi connectivity index (χ1v) is 5.32. The van der Waals surface area contributed by atoms with Crippen LogP contribution in [0.3, 0.4) is 0 Å². The number of pyridine rings is 1. The van der Waals surface area contributed by atoms with Crippen LogP contribution in [-0.2, 0) is 4.79 Å². The maximum atomic E-state index is 12.8. The molecular weight excluding hydrogens is 235 g/mol. The lowest BCUT2D eigenvalue weighted by Crippen LogP contribution is -2.20. The molecule has 0 aliphatic carbocycles. The van der Waals surface area contributed by atoms with Crippen LogP contribution in [0.4, 0.5) is 10.1 Å². The number of anilines is 1. The average Bonchev–Trinajstić information content (AvgIpc) is 2.38. The molecule has 0 fully saturated rings. The molecule has 0 aliphatic heterocycles. The summed E-state index contributed by atoms with van der Waals surface area (Å²) in [6, 6.07) is 9.06. The van der Waals surface area contributed by atoms with Crippen LogP contribution in [0, 0.1) is 5.82 Å². The highest BCUT2D eigenvalue weighted by molar-refractivity contribution is 5.91. The quantitative estimate of drug-likeness (QED) is 0.900. The van der Waals surface area contributed by atoms with Gasteiger partial charge >= 0.3 is 0 Å². The van der Waals surface area contributed by atoms with Crippen LogP contribution in [0.15, 0.2) is 48.8 Å². The summed E-state index contributed by atoms with van der Waals surface area (Å²) in [6.07, 6.45) is 3.14. The Morgan fingerprint density at radius 1 is 1.33 bits per heavy atom. The Bertz CT molecular complexity index is 532. The largest absolute Gasteiger partial charge is 0.484 e. The second kappa shape index (κ2) is 5.77. The summed E-state index contributed by atoms with van der Waals surface area (Å²) in [5.74, 6) is -0.413. The molecular formula is C13H11FN2O2. The molecule has 1 aromatic carbocycles. The topological polar surface area (TPSA) is 51.2 Å². The number of benzene rings is 1. The SMILES string of the molecule is O=C(COc1cccc(F)c1)Nc1cccnc1. The number of amides is 1. The van der Waals surface area contributed by atoms with Crippen LogP contribution in [0.2, 0.25) is 0 Å². The number of ether oxygens (including phenoxy) is 1. The van der Waals surface area contributed by atoms with E-state index in [4.69, 9.17) is 4.74 Å². The van der Waals surface area contributed by atoms with E-state index in [9.17, 15) is 9.18 Å². The molecule has 0 saturated heterocycles. The van der Waals surface area contributed by atoms with Crippen LogP contribution >= 0.6 is 0 Å². The van der Waals surface area contributed by atoms with E-state index in [2.05, 4.69) is 10.3 Å². The molecule has 0 bridgehead atoms. The summed E-state index contributed by atoms with van der Waals surface area (Å²) in [5.41, 5.74) is 0.588. The minimum absolute atomic E-state index is 0.182. The van der Waals surface area contributed by atoms with Gasteiger partial charge in [-0.15, -0.1) is 0 Å². The number of halogens is 1. The molecule has 0 unspecified atom stereocenters. The number of nitrogens with one attached hydrogen (secondary N) is 1. The van der Waals surface area contributed by atoms with Gasteiger partial charge in [-0.25, -0.2) is 4.39 Å². The molecule has 0 saturated carbocycles. The summed E-state index contributed by atoms with van der Waals surface area (Å²) >= 11 is 0. The van der Waals surface area contributed by atoms with Crippen LogP contribution in [0.5, 0.6) is 5.75 Å². The lowest BCUT2D eigenvalue weighted by Gasteiger charge is -2.07. The Hall–Kier alpha value is -2.43. The summed E-state index contributed by atoms with van der Waals surface area (Å²) in [4.78, 5) is 15.4. The second-order valence-corrected chi connectivity index (χ2v) is 3.54. The lowest BCUT2D eigenvalue weighted by atomic mass is 10.3. The highest BCUT2D eigenvalue weighted by Crippen LogP contribution is 2.11. The molecule has 18 heavy (non-hydrogen) atoms. The van der Waals surface area contributed by atoms with Gasteiger partial charge in [0.25, 0.3) is 5.91 Å². The van der Waals surface area contributed by atoms with E-state index in [1.54, 1.807) is 24.4 Å². The average molecular weight is 246 g/mol. The van der Waals surface area contributed by atoms with Gasteiger partial charge in [0.1, 0.15) is 11.6 Å². The first-order valence-electron chi connectivity index (χ1n) is 5.32. The van der Waals surface area contributed by atoms with Crippen molar-refractivity contribution < 1.29 is 13.9 Å². The van der Waals surface area contributed by atoms with Crippen molar-refractivity contribution in [2.45, 2.75) is 0 Å². The minimum atomic E-state index is -0.403. The molecule has 0 atom stereocenters. The normalized spacial score (nSPS) is 9.83. The summed E-state index contributed by atoms with van der Waals surface area (Å²) in [6.45, 7) is -0.182. The molecule has 1 amide bonds. The van der Waals surface area contributed by atoms with E-state index in [0.717, 1.165) is 0 Å². The van der Waals surface area contributed by atoms with Crippen molar-refractivity contribution in [2.75, 3.05) is 11.9 Å². The molecule has 4 nitrogen and oxygen atoms in total. The molecule has 0 aliphatic rings. The first-order chi connectivity index (χ1) is 8.74. The van der Waals surface area contributed by atoms with Gasteiger partial charge in [-0.3, -0.25) is 9.78 Å². The number of carbonyl (C=O) groups is 1. The van der Waals surface area contributed by atoms with Gasteiger partial charge in [-0.1, -0.05) is 6.07 Å². The van der Waals surface area contributed by atoms with Crippen LogP contribution in [-0.4, -0.2) is 17.5 Å². The van der Waals surface area contributed by atoms with Crippen molar-refractivity contribution in [3.8, 4) is 5.75 Å². The van der Waals surface area contributed by atoms with Crippen molar-refractivity contribution in [2.24, 2.45) is 0 Å². The van der Waals surface area contributed by atoms with Gasteiger partial charge in [0.05, 0.1) is 11.9 Å². The predicted molar refractivity (Wildman–Crippen MR) is 64.8 cm³/mol. The highest BCUT2D eigenvalue weighted by Gasteiger charge is 2.04. The first kappa shape index (κ1) is 12.0. The Morgan fingerprint density at radius 3 is 2.94 bits per heavy atom. The third-order valence-electron chi connectivity index (χ3n) is 2.11. The van der Waals surface area contributed by atoms with E-state index < -0.39 is 5.82 Å². The molecule has 1 heterocycles. The lowest BCUT2D eigenvalue weighted by molar-refractivity contribution is -0.118. The van der Waals surface area contributed by atoms with Crippen molar-refractivity contribution >= 4 is 11.6 Å². The van der Waals surface area contributed by atoms with Crippen molar-refractivity contribution in [1.82, 2.24) is 4.98 Å². The number of nitrogens with zero attached hydrogens (tertiary/aromatic N) is 1. The molecule has 0 spiro atoms. The summed E-state index contributed by atoms with van der Waals surface area (Å²) < 4.78 is 18.0. The van der Waals surface area contributed by atoms with Gasteiger partial charge in [-0.05, 0) is 24.3 Å². The van der Waals surface area contributed by atoms with Crippen LogP contribution in [0.1, 0.15) is 0 Å².